The van der Waals surface area contributed by atoms with Gasteiger partial charge in [0.05, 0.1) is 11.3 Å². The van der Waals surface area contributed by atoms with E-state index in [1.54, 1.807) is 19.3 Å². The normalized spacial score (nSPS) is 13.6. The molecule has 0 bridgehead atoms. The summed E-state index contributed by atoms with van der Waals surface area (Å²) in [5, 5.41) is 14.0. The fourth-order valence-electron chi connectivity index (χ4n) is 1.68. The largest absolute Gasteiger partial charge is 0.417 e. The van der Waals surface area contributed by atoms with Crippen LogP contribution in [-0.2, 0) is 13.2 Å². The molecule has 7 heteroatoms. The number of hydrogen-bond acceptors (Lipinski definition) is 2. The zero-order chi connectivity index (χ0) is 14.2. The van der Waals surface area contributed by atoms with Crippen LogP contribution in [0.1, 0.15) is 22.9 Å². The van der Waals surface area contributed by atoms with Gasteiger partial charge in [-0.25, -0.2) is 0 Å². The molecule has 0 radical (unpaired) electrons. The van der Waals surface area contributed by atoms with Crippen LogP contribution < -0.4 is 0 Å². The number of halogens is 4. The average Bonchev–Trinajstić information content (AvgIpc) is 2.74. The third-order valence-electron chi connectivity index (χ3n) is 2.63. The average molecular weight is 335 g/mol. The van der Waals surface area contributed by atoms with Crippen molar-refractivity contribution in [3.63, 3.8) is 0 Å². The number of aryl methyl sites for hydroxylation is 1. The van der Waals surface area contributed by atoms with Gasteiger partial charge in [-0.3, -0.25) is 4.68 Å². The summed E-state index contributed by atoms with van der Waals surface area (Å²) in [6.07, 6.45) is -4.05. The maximum absolute atomic E-state index is 12.8. The first kappa shape index (κ1) is 14.1. The third kappa shape index (κ3) is 2.98. The zero-order valence-electron chi connectivity index (χ0n) is 9.82. The van der Waals surface area contributed by atoms with Gasteiger partial charge in [0.25, 0.3) is 0 Å². The molecule has 1 aromatic carbocycles. The molecule has 0 fully saturated rings. The Hall–Kier alpha value is -1.34. The molecular weight excluding hydrogens is 325 g/mol. The van der Waals surface area contributed by atoms with Crippen LogP contribution in [0, 0.1) is 0 Å². The minimum atomic E-state index is -4.47. The first-order chi connectivity index (χ1) is 8.79. The molecule has 1 aromatic heterocycles. The van der Waals surface area contributed by atoms with E-state index in [0.29, 0.717) is 5.69 Å². The SMILES string of the molecule is Cn1ccc(C(O)c2ccc(Br)c(C(F)(F)F)c2)n1. The number of alkyl halides is 3. The molecule has 1 atom stereocenters. The smallest absolute Gasteiger partial charge is 0.382 e. The van der Waals surface area contributed by atoms with Crippen LogP contribution >= 0.6 is 15.9 Å². The summed E-state index contributed by atoms with van der Waals surface area (Å²) in [4.78, 5) is 0. The van der Waals surface area contributed by atoms with Crippen LogP contribution in [0.2, 0.25) is 0 Å². The summed E-state index contributed by atoms with van der Waals surface area (Å²) in [6.45, 7) is 0. The number of aliphatic hydroxyl groups excluding tert-OH is 1. The van der Waals surface area contributed by atoms with Gasteiger partial charge in [0, 0.05) is 17.7 Å². The van der Waals surface area contributed by atoms with E-state index in [9.17, 15) is 18.3 Å². The first-order valence-electron chi connectivity index (χ1n) is 5.33. The maximum atomic E-state index is 12.8. The highest BCUT2D eigenvalue weighted by Crippen LogP contribution is 2.36. The summed E-state index contributed by atoms with van der Waals surface area (Å²) in [6, 6.07) is 5.17. The Labute approximate surface area is 115 Å². The number of nitrogens with zero attached hydrogens (tertiary/aromatic N) is 2. The van der Waals surface area contributed by atoms with Gasteiger partial charge in [-0.15, -0.1) is 0 Å². The lowest BCUT2D eigenvalue weighted by molar-refractivity contribution is -0.138. The number of aromatic nitrogens is 2. The lowest BCUT2D eigenvalue weighted by atomic mass is 10.0. The van der Waals surface area contributed by atoms with E-state index in [2.05, 4.69) is 21.0 Å². The molecule has 1 N–H and O–H groups in total. The Kier molecular flexibility index (Phi) is 3.69. The van der Waals surface area contributed by atoms with E-state index in [4.69, 9.17) is 0 Å². The van der Waals surface area contributed by atoms with E-state index in [1.807, 2.05) is 0 Å². The van der Waals surface area contributed by atoms with Crippen LogP contribution in [0.4, 0.5) is 13.2 Å². The van der Waals surface area contributed by atoms with Gasteiger partial charge >= 0.3 is 6.18 Å². The second-order valence-electron chi connectivity index (χ2n) is 4.05. The Morgan fingerprint density at radius 2 is 2.00 bits per heavy atom. The van der Waals surface area contributed by atoms with Crippen molar-refractivity contribution in [2.75, 3.05) is 0 Å². The van der Waals surface area contributed by atoms with Crippen molar-refractivity contribution in [2.24, 2.45) is 7.05 Å². The second-order valence-corrected chi connectivity index (χ2v) is 4.91. The van der Waals surface area contributed by atoms with Crippen LogP contribution in [-0.4, -0.2) is 14.9 Å². The number of hydrogen-bond donors (Lipinski definition) is 1. The minimum absolute atomic E-state index is 0.0584. The predicted octanol–water partition coefficient (Wildman–Crippen LogP) is 3.28. The highest BCUT2D eigenvalue weighted by molar-refractivity contribution is 9.10. The van der Waals surface area contributed by atoms with E-state index in [-0.39, 0.29) is 10.0 Å². The summed E-state index contributed by atoms with van der Waals surface area (Å²) >= 11 is 2.85. The second kappa shape index (κ2) is 4.97. The van der Waals surface area contributed by atoms with Crippen molar-refractivity contribution >= 4 is 15.9 Å². The van der Waals surface area contributed by atoms with Gasteiger partial charge in [-0.05, 0) is 23.8 Å². The molecular formula is C12H10BrF3N2O. The van der Waals surface area contributed by atoms with Crippen molar-refractivity contribution in [3.8, 4) is 0 Å². The summed E-state index contributed by atoms with van der Waals surface area (Å²) in [7, 11) is 1.67. The number of rotatable bonds is 2. The fraction of sp³-hybridized carbons (Fsp3) is 0.250. The topological polar surface area (TPSA) is 38.0 Å². The molecule has 0 aliphatic rings. The van der Waals surface area contributed by atoms with Gasteiger partial charge in [0.15, 0.2) is 0 Å². The van der Waals surface area contributed by atoms with Crippen molar-refractivity contribution < 1.29 is 18.3 Å². The quantitative estimate of drug-likeness (QED) is 0.915. The van der Waals surface area contributed by atoms with E-state index >= 15 is 0 Å². The van der Waals surface area contributed by atoms with E-state index < -0.39 is 17.8 Å². The number of benzene rings is 1. The molecule has 102 valence electrons. The van der Waals surface area contributed by atoms with Gasteiger partial charge in [-0.2, -0.15) is 18.3 Å². The lowest BCUT2D eigenvalue weighted by Gasteiger charge is -2.13. The van der Waals surface area contributed by atoms with Crippen LogP contribution in [0.5, 0.6) is 0 Å². The van der Waals surface area contributed by atoms with Crippen molar-refractivity contribution in [1.82, 2.24) is 9.78 Å². The van der Waals surface area contributed by atoms with Crippen LogP contribution in [0.15, 0.2) is 34.9 Å². The fourth-order valence-corrected chi connectivity index (χ4v) is 2.15. The molecule has 19 heavy (non-hydrogen) atoms. The summed E-state index contributed by atoms with van der Waals surface area (Å²) < 4.78 is 39.7. The monoisotopic (exact) mass is 334 g/mol. The van der Waals surface area contributed by atoms with Crippen molar-refractivity contribution in [3.05, 3.63) is 51.8 Å². The molecule has 0 amide bonds. The summed E-state index contributed by atoms with van der Waals surface area (Å²) in [5.41, 5.74) is -0.368. The zero-order valence-corrected chi connectivity index (χ0v) is 11.4. The first-order valence-corrected chi connectivity index (χ1v) is 6.12. The Morgan fingerprint density at radius 3 is 2.53 bits per heavy atom. The van der Waals surface area contributed by atoms with Crippen molar-refractivity contribution in [2.45, 2.75) is 12.3 Å². The third-order valence-corrected chi connectivity index (χ3v) is 3.32. The summed E-state index contributed by atoms with van der Waals surface area (Å²) in [5.74, 6) is 0. The number of aliphatic hydroxyl groups is 1. The van der Waals surface area contributed by atoms with E-state index in [0.717, 1.165) is 6.07 Å². The van der Waals surface area contributed by atoms with Gasteiger partial charge < -0.3 is 5.11 Å². The maximum Gasteiger partial charge on any atom is 0.417 e. The molecule has 0 spiro atoms. The van der Waals surface area contributed by atoms with E-state index in [1.165, 1.54) is 16.8 Å². The molecule has 0 saturated heterocycles. The van der Waals surface area contributed by atoms with Gasteiger partial charge in [0.2, 0.25) is 0 Å². The highest BCUT2D eigenvalue weighted by atomic mass is 79.9. The molecule has 0 aliphatic carbocycles. The van der Waals surface area contributed by atoms with Crippen LogP contribution in [0.3, 0.4) is 0 Å². The van der Waals surface area contributed by atoms with Gasteiger partial charge in [-0.1, -0.05) is 22.0 Å². The van der Waals surface area contributed by atoms with Crippen molar-refractivity contribution in [1.29, 1.82) is 0 Å². The Balaban J connectivity index is 2.41. The molecule has 0 aliphatic heterocycles. The molecule has 1 unspecified atom stereocenters. The molecule has 2 aromatic rings. The standard InChI is InChI=1S/C12H10BrF3N2O/c1-18-5-4-10(17-18)11(19)7-2-3-9(13)8(6-7)12(14,15)16/h2-6,11,19H,1H3. The molecule has 2 rings (SSSR count). The Bertz CT molecular complexity index is 595. The highest BCUT2D eigenvalue weighted by Gasteiger charge is 2.33. The molecule has 0 saturated carbocycles. The molecule has 1 heterocycles. The Morgan fingerprint density at radius 1 is 1.32 bits per heavy atom. The van der Waals surface area contributed by atoms with Gasteiger partial charge in [0.1, 0.15) is 6.10 Å². The predicted molar refractivity (Wildman–Crippen MR) is 66.4 cm³/mol. The molecule has 3 nitrogen and oxygen atoms in total. The van der Waals surface area contributed by atoms with Crippen LogP contribution in [0.25, 0.3) is 0 Å². The lowest BCUT2D eigenvalue weighted by Crippen LogP contribution is -2.09. The minimum Gasteiger partial charge on any atom is -0.382 e.